The van der Waals surface area contributed by atoms with Gasteiger partial charge in [-0.05, 0) is 12.1 Å². The molecular weight excluding hydrogens is 250 g/mol. The van der Waals surface area contributed by atoms with Gasteiger partial charge in [0.1, 0.15) is 5.75 Å². The highest BCUT2D eigenvalue weighted by Crippen LogP contribution is 2.28. The van der Waals surface area contributed by atoms with Crippen molar-refractivity contribution in [1.29, 1.82) is 0 Å². The minimum absolute atomic E-state index is 0.0550. The number of amides is 2. The molecule has 0 fully saturated rings. The molecular formula is C12H17N3O4. The minimum Gasteiger partial charge on any atom is -0.495 e. The number of nitrogens with one attached hydrogen (secondary N) is 1. The summed E-state index contributed by atoms with van der Waals surface area (Å²) in [6.45, 7) is 0.116. The van der Waals surface area contributed by atoms with Crippen LogP contribution in [0.3, 0.4) is 0 Å². The van der Waals surface area contributed by atoms with E-state index in [0.29, 0.717) is 17.1 Å². The number of para-hydroxylation sites is 1. The molecule has 0 aliphatic heterocycles. The largest absolute Gasteiger partial charge is 0.495 e. The van der Waals surface area contributed by atoms with Crippen LogP contribution < -0.4 is 15.8 Å². The van der Waals surface area contributed by atoms with Crippen LogP contribution in [0.4, 0.5) is 16.2 Å². The molecule has 1 aromatic rings. The lowest BCUT2D eigenvalue weighted by atomic mass is 10.2. The summed E-state index contributed by atoms with van der Waals surface area (Å²) in [5, 5.41) is 11.3. The van der Waals surface area contributed by atoms with Crippen LogP contribution in [0.5, 0.6) is 5.75 Å². The van der Waals surface area contributed by atoms with Crippen molar-refractivity contribution in [2.75, 3.05) is 31.8 Å². The number of nitrogens with two attached hydrogens (primary N) is 1. The molecule has 0 saturated heterocycles. The molecule has 1 aromatic carbocycles. The zero-order valence-electron chi connectivity index (χ0n) is 10.8. The van der Waals surface area contributed by atoms with Crippen LogP contribution in [0.2, 0.25) is 0 Å². The fraction of sp³-hybridized carbons (Fsp3) is 0.333. The van der Waals surface area contributed by atoms with Gasteiger partial charge in [0.25, 0.3) is 0 Å². The van der Waals surface area contributed by atoms with Crippen molar-refractivity contribution in [1.82, 2.24) is 4.90 Å². The van der Waals surface area contributed by atoms with Gasteiger partial charge in [0.05, 0.1) is 18.5 Å². The van der Waals surface area contributed by atoms with Crippen molar-refractivity contribution in [3.8, 4) is 5.75 Å². The SMILES string of the molecule is COc1cccc(NC(=O)CCN(C)C(=O)O)c1N. The number of nitrogen functional groups attached to an aromatic ring is 1. The molecule has 0 aromatic heterocycles. The molecule has 7 nitrogen and oxygen atoms in total. The highest BCUT2D eigenvalue weighted by atomic mass is 16.5. The number of benzene rings is 1. The monoisotopic (exact) mass is 267 g/mol. The van der Waals surface area contributed by atoms with Crippen LogP contribution in [0, 0.1) is 0 Å². The number of ether oxygens (including phenoxy) is 1. The van der Waals surface area contributed by atoms with Crippen molar-refractivity contribution in [3.63, 3.8) is 0 Å². The fourth-order valence-corrected chi connectivity index (χ4v) is 1.41. The lowest BCUT2D eigenvalue weighted by molar-refractivity contribution is -0.116. The maximum atomic E-state index is 11.7. The Morgan fingerprint density at radius 2 is 2.16 bits per heavy atom. The quantitative estimate of drug-likeness (QED) is 0.695. The van der Waals surface area contributed by atoms with Crippen molar-refractivity contribution < 1.29 is 19.4 Å². The summed E-state index contributed by atoms with van der Waals surface area (Å²) in [6, 6.07) is 5.04. The van der Waals surface area contributed by atoms with E-state index in [0.717, 1.165) is 4.90 Å². The van der Waals surface area contributed by atoms with E-state index in [-0.39, 0.29) is 18.9 Å². The van der Waals surface area contributed by atoms with E-state index >= 15 is 0 Å². The average molecular weight is 267 g/mol. The zero-order valence-corrected chi connectivity index (χ0v) is 10.8. The highest BCUT2D eigenvalue weighted by molar-refractivity contribution is 5.95. The summed E-state index contributed by atoms with van der Waals surface area (Å²) >= 11 is 0. The Hall–Kier alpha value is -2.44. The zero-order chi connectivity index (χ0) is 14.4. The van der Waals surface area contributed by atoms with Crippen molar-refractivity contribution in [3.05, 3.63) is 18.2 Å². The van der Waals surface area contributed by atoms with E-state index in [1.54, 1.807) is 18.2 Å². The predicted octanol–water partition coefficient (Wildman–Crippen LogP) is 1.22. The Balaban J connectivity index is 2.60. The molecule has 4 N–H and O–H groups in total. The average Bonchev–Trinajstić information content (AvgIpc) is 2.38. The molecule has 0 aliphatic rings. The normalized spacial score (nSPS) is 9.79. The van der Waals surface area contributed by atoms with E-state index in [1.807, 2.05) is 0 Å². The second-order valence-electron chi connectivity index (χ2n) is 3.92. The van der Waals surface area contributed by atoms with Gasteiger partial charge in [0, 0.05) is 20.0 Å². The second-order valence-corrected chi connectivity index (χ2v) is 3.92. The van der Waals surface area contributed by atoms with Crippen LogP contribution in [0.15, 0.2) is 18.2 Å². The summed E-state index contributed by atoms with van der Waals surface area (Å²) in [7, 11) is 2.88. The van der Waals surface area contributed by atoms with Crippen molar-refractivity contribution in [2.24, 2.45) is 0 Å². The summed E-state index contributed by atoms with van der Waals surface area (Å²) in [5.41, 5.74) is 6.59. The number of methoxy groups -OCH3 is 1. The first-order valence-electron chi connectivity index (χ1n) is 5.62. The van der Waals surface area contributed by atoms with E-state index < -0.39 is 6.09 Å². The molecule has 19 heavy (non-hydrogen) atoms. The first kappa shape index (κ1) is 14.6. The first-order chi connectivity index (χ1) is 8.95. The van der Waals surface area contributed by atoms with Crippen molar-refractivity contribution >= 4 is 23.4 Å². The predicted molar refractivity (Wildman–Crippen MR) is 71.3 cm³/mol. The number of nitrogens with zero attached hydrogens (tertiary/aromatic N) is 1. The van der Waals surface area contributed by atoms with Gasteiger partial charge in [-0.1, -0.05) is 6.07 Å². The number of carboxylic acid groups (broad SMARTS) is 1. The Morgan fingerprint density at radius 3 is 2.74 bits per heavy atom. The Bertz CT molecular complexity index is 476. The molecule has 0 saturated carbocycles. The third-order valence-electron chi connectivity index (χ3n) is 2.56. The van der Waals surface area contributed by atoms with Gasteiger partial charge in [-0.25, -0.2) is 4.79 Å². The summed E-state index contributed by atoms with van der Waals surface area (Å²) < 4.78 is 5.03. The van der Waals surface area contributed by atoms with Crippen LogP contribution in [0.1, 0.15) is 6.42 Å². The molecule has 7 heteroatoms. The third kappa shape index (κ3) is 4.06. The molecule has 0 atom stereocenters. The standard InChI is InChI=1S/C12H17N3O4/c1-15(12(17)18)7-6-10(16)14-8-4-3-5-9(19-2)11(8)13/h3-5H,6-7,13H2,1-2H3,(H,14,16)(H,17,18). The second kappa shape index (κ2) is 6.48. The number of hydrogen-bond acceptors (Lipinski definition) is 4. The van der Waals surface area contributed by atoms with Gasteiger partial charge in [-0.2, -0.15) is 0 Å². The molecule has 0 radical (unpaired) electrons. The van der Waals surface area contributed by atoms with Crippen LogP contribution in [0.25, 0.3) is 0 Å². The molecule has 0 heterocycles. The van der Waals surface area contributed by atoms with E-state index in [9.17, 15) is 9.59 Å². The van der Waals surface area contributed by atoms with Gasteiger partial charge >= 0.3 is 6.09 Å². The Morgan fingerprint density at radius 1 is 1.47 bits per heavy atom. The molecule has 1 rings (SSSR count). The van der Waals surface area contributed by atoms with Gasteiger partial charge < -0.3 is 25.8 Å². The topological polar surface area (TPSA) is 105 Å². The molecule has 104 valence electrons. The Kier molecular flexibility index (Phi) is 4.99. The minimum atomic E-state index is -1.08. The maximum absolute atomic E-state index is 11.7. The van der Waals surface area contributed by atoms with E-state index in [1.165, 1.54) is 14.2 Å². The number of hydrogen-bond donors (Lipinski definition) is 3. The van der Waals surface area contributed by atoms with Gasteiger partial charge in [-0.15, -0.1) is 0 Å². The summed E-state index contributed by atoms with van der Waals surface area (Å²) in [5.74, 6) is 0.161. The number of carbonyl (C=O) groups is 2. The summed E-state index contributed by atoms with van der Waals surface area (Å²) in [4.78, 5) is 23.3. The summed E-state index contributed by atoms with van der Waals surface area (Å²) in [6.07, 6.45) is -1.02. The van der Waals surface area contributed by atoms with Crippen LogP contribution >= 0.6 is 0 Å². The van der Waals surface area contributed by atoms with E-state index in [4.69, 9.17) is 15.6 Å². The smallest absolute Gasteiger partial charge is 0.407 e. The number of carbonyl (C=O) groups excluding carboxylic acids is 1. The lowest BCUT2D eigenvalue weighted by Gasteiger charge is -2.14. The lowest BCUT2D eigenvalue weighted by Crippen LogP contribution is -2.28. The van der Waals surface area contributed by atoms with Gasteiger partial charge in [0.15, 0.2) is 0 Å². The van der Waals surface area contributed by atoms with Crippen LogP contribution in [-0.4, -0.2) is 42.7 Å². The molecule has 0 unspecified atom stereocenters. The highest BCUT2D eigenvalue weighted by Gasteiger charge is 2.11. The fourth-order valence-electron chi connectivity index (χ4n) is 1.41. The van der Waals surface area contributed by atoms with Crippen LogP contribution in [-0.2, 0) is 4.79 Å². The van der Waals surface area contributed by atoms with E-state index in [2.05, 4.69) is 5.32 Å². The number of anilines is 2. The van der Waals surface area contributed by atoms with Crippen molar-refractivity contribution in [2.45, 2.75) is 6.42 Å². The molecule has 0 spiro atoms. The maximum Gasteiger partial charge on any atom is 0.407 e. The molecule has 0 aliphatic carbocycles. The van der Waals surface area contributed by atoms with Gasteiger partial charge in [0.2, 0.25) is 5.91 Å². The van der Waals surface area contributed by atoms with Gasteiger partial charge in [-0.3, -0.25) is 4.79 Å². The Labute approximate surface area is 111 Å². The number of rotatable bonds is 5. The molecule has 0 bridgehead atoms. The molecule has 2 amide bonds. The third-order valence-corrected chi connectivity index (χ3v) is 2.56. The first-order valence-corrected chi connectivity index (χ1v) is 5.62.